The van der Waals surface area contributed by atoms with Gasteiger partial charge in [-0.25, -0.2) is 12.8 Å². The topological polar surface area (TPSA) is 49.4 Å². The van der Waals surface area contributed by atoms with Gasteiger partial charge in [0.25, 0.3) is 0 Å². The Labute approximate surface area is 113 Å². The van der Waals surface area contributed by atoms with Gasteiger partial charge in [0, 0.05) is 19.6 Å². The van der Waals surface area contributed by atoms with Gasteiger partial charge in [0.05, 0.1) is 0 Å². The van der Waals surface area contributed by atoms with E-state index in [1.807, 2.05) is 6.92 Å². The number of halogens is 1. The van der Waals surface area contributed by atoms with Gasteiger partial charge < -0.3 is 5.32 Å². The third-order valence-electron chi connectivity index (χ3n) is 3.38. The molecule has 1 aromatic carbocycles. The van der Waals surface area contributed by atoms with Gasteiger partial charge in [-0.2, -0.15) is 4.31 Å². The predicted molar refractivity (Wildman–Crippen MR) is 71.7 cm³/mol. The minimum absolute atomic E-state index is 0.214. The van der Waals surface area contributed by atoms with Crippen molar-refractivity contribution in [2.75, 3.05) is 20.1 Å². The van der Waals surface area contributed by atoms with Crippen LogP contribution in [0.25, 0.3) is 0 Å². The average molecular weight is 286 g/mol. The van der Waals surface area contributed by atoms with Gasteiger partial charge in [-0.1, -0.05) is 13.0 Å². The van der Waals surface area contributed by atoms with Gasteiger partial charge in [-0.15, -0.1) is 0 Å². The summed E-state index contributed by atoms with van der Waals surface area (Å²) in [4.78, 5) is -0.214. The van der Waals surface area contributed by atoms with Crippen molar-refractivity contribution in [3.05, 3.63) is 29.6 Å². The molecule has 6 heteroatoms. The maximum atomic E-state index is 13.8. The Kier molecular flexibility index (Phi) is 4.23. The fourth-order valence-corrected chi connectivity index (χ4v) is 4.00. The van der Waals surface area contributed by atoms with Crippen LogP contribution in [0.15, 0.2) is 23.1 Å². The molecular weight excluding hydrogens is 267 g/mol. The third-order valence-corrected chi connectivity index (χ3v) is 5.26. The van der Waals surface area contributed by atoms with Crippen molar-refractivity contribution in [2.45, 2.75) is 24.8 Å². The van der Waals surface area contributed by atoms with Crippen molar-refractivity contribution in [2.24, 2.45) is 5.92 Å². The molecule has 1 heterocycles. The second-order valence-corrected chi connectivity index (χ2v) is 6.96. The van der Waals surface area contributed by atoms with Gasteiger partial charge in [0.1, 0.15) is 10.7 Å². The quantitative estimate of drug-likeness (QED) is 0.914. The summed E-state index contributed by atoms with van der Waals surface area (Å²) in [5.74, 6) is -0.349. The molecule has 1 aliphatic heterocycles. The standard InChI is InChI=1S/C13H19FN2O2S/c1-10-5-6-16(9-10)19(17,18)13-7-11(8-15-2)3-4-12(13)14/h3-4,7,10,15H,5-6,8-9H2,1-2H3. The van der Waals surface area contributed by atoms with E-state index in [4.69, 9.17) is 0 Å². The summed E-state index contributed by atoms with van der Waals surface area (Å²) in [6.45, 7) is 3.46. The summed E-state index contributed by atoms with van der Waals surface area (Å²) in [5, 5.41) is 2.93. The zero-order valence-electron chi connectivity index (χ0n) is 11.2. The number of benzene rings is 1. The highest BCUT2D eigenvalue weighted by molar-refractivity contribution is 7.89. The van der Waals surface area contributed by atoms with Crippen molar-refractivity contribution in [1.29, 1.82) is 0 Å². The van der Waals surface area contributed by atoms with Crippen LogP contribution in [-0.4, -0.2) is 32.9 Å². The Morgan fingerprint density at radius 3 is 2.79 bits per heavy atom. The third kappa shape index (κ3) is 2.96. The lowest BCUT2D eigenvalue weighted by molar-refractivity contribution is 0.458. The molecule has 1 atom stereocenters. The van der Waals surface area contributed by atoms with Gasteiger partial charge in [0.15, 0.2) is 0 Å². The smallest absolute Gasteiger partial charge is 0.246 e. The highest BCUT2D eigenvalue weighted by atomic mass is 32.2. The van der Waals surface area contributed by atoms with Crippen molar-refractivity contribution >= 4 is 10.0 Å². The van der Waals surface area contributed by atoms with E-state index >= 15 is 0 Å². The molecule has 1 aromatic rings. The van der Waals surface area contributed by atoms with Crippen LogP contribution in [0.4, 0.5) is 4.39 Å². The summed E-state index contributed by atoms with van der Waals surface area (Å²) < 4.78 is 40.0. The van der Waals surface area contributed by atoms with Gasteiger partial charge >= 0.3 is 0 Å². The van der Waals surface area contributed by atoms with Crippen LogP contribution < -0.4 is 5.32 Å². The Hall–Kier alpha value is -0.980. The van der Waals surface area contributed by atoms with Crippen LogP contribution >= 0.6 is 0 Å². The molecule has 4 nitrogen and oxygen atoms in total. The molecule has 0 radical (unpaired) electrons. The number of hydrogen-bond donors (Lipinski definition) is 1. The van der Waals surface area contributed by atoms with Gasteiger partial charge in [0.2, 0.25) is 10.0 Å². The summed E-state index contributed by atoms with van der Waals surface area (Å²) in [5.41, 5.74) is 0.759. The monoisotopic (exact) mass is 286 g/mol. The van der Waals surface area contributed by atoms with Crippen LogP contribution in [0.2, 0.25) is 0 Å². The molecule has 1 N–H and O–H groups in total. The van der Waals surface area contributed by atoms with E-state index in [1.54, 1.807) is 13.1 Å². The molecule has 1 unspecified atom stereocenters. The normalized spacial score (nSPS) is 20.9. The summed E-state index contributed by atoms with van der Waals surface area (Å²) in [6, 6.07) is 4.24. The number of hydrogen-bond acceptors (Lipinski definition) is 3. The summed E-state index contributed by atoms with van der Waals surface area (Å²) in [6.07, 6.45) is 0.830. The van der Waals surface area contributed by atoms with Crippen LogP contribution in [0.5, 0.6) is 0 Å². The van der Waals surface area contributed by atoms with E-state index in [0.29, 0.717) is 25.6 Å². The van der Waals surface area contributed by atoms with E-state index in [0.717, 1.165) is 12.0 Å². The molecule has 0 aliphatic carbocycles. The second kappa shape index (κ2) is 5.56. The highest BCUT2D eigenvalue weighted by Crippen LogP contribution is 2.26. The molecule has 1 aliphatic rings. The lowest BCUT2D eigenvalue weighted by atomic mass is 10.2. The molecule has 0 amide bonds. The van der Waals surface area contributed by atoms with Crippen LogP contribution in [0.1, 0.15) is 18.9 Å². The minimum atomic E-state index is -3.71. The number of sulfonamides is 1. The average Bonchev–Trinajstić information content (AvgIpc) is 2.79. The van der Waals surface area contributed by atoms with Crippen LogP contribution in [0.3, 0.4) is 0 Å². The summed E-state index contributed by atoms with van der Waals surface area (Å²) >= 11 is 0. The zero-order valence-corrected chi connectivity index (χ0v) is 12.0. The first kappa shape index (κ1) is 14.4. The van der Waals surface area contributed by atoms with Crippen molar-refractivity contribution in [3.63, 3.8) is 0 Å². The number of rotatable bonds is 4. The van der Waals surface area contributed by atoms with Crippen molar-refractivity contribution < 1.29 is 12.8 Å². The molecule has 19 heavy (non-hydrogen) atoms. The number of nitrogens with one attached hydrogen (secondary N) is 1. The Morgan fingerprint density at radius 2 is 2.21 bits per heavy atom. The predicted octanol–water partition coefficient (Wildman–Crippen LogP) is 1.58. The molecule has 0 aromatic heterocycles. The number of nitrogens with zero attached hydrogens (tertiary/aromatic N) is 1. The first-order chi connectivity index (χ1) is 8.95. The lowest BCUT2D eigenvalue weighted by Gasteiger charge is -2.17. The van der Waals surface area contributed by atoms with Gasteiger partial charge in [-0.05, 0) is 37.1 Å². The van der Waals surface area contributed by atoms with E-state index in [9.17, 15) is 12.8 Å². The minimum Gasteiger partial charge on any atom is -0.316 e. The van der Waals surface area contributed by atoms with Crippen molar-refractivity contribution in [3.8, 4) is 0 Å². The molecular formula is C13H19FN2O2S. The van der Waals surface area contributed by atoms with Crippen molar-refractivity contribution in [1.82, 2.24) is 9.62 Å². The van der Waals surface area contributed by atoms with E-state index < -0.39 is 15.8 Å². The molecule has 0 bridgehead atoms. The Balaban J connectivity index is 2.36. The molecule has 1 fully saturated rings. The SMILES string of the molecule is CNCc1ccc(F)c(S(=O)(=O)N2CCC(C)C2)c1. The molecule has 106 valence electrons. The van der Waals surface area contributed by atoms with E-state index in [2.05, 4.69) is 5.32 Å². The second-order valence-electron chi connectivity index (χ2n) is 5.05. The Morgan fingerprint density at radius 1 is 1.47 bits per heavy atom. The Bertz CT molecular complexity index is 560. The van der Waals surface area contributed by atoms with Crippen LogP contribution in [-0.2, 0) is 16.6 Å². The highest BCUT2D eigenvalue weighted by Gasteiger charge is 2.32. The maximum absolute atomic E-state index is 13.8. The lowest BCUT2D eigenvalue weighted by Crippen LogP contribution is -2.29. The fourth-order valence-electron chi connectivity index (χ4n) is 2.31. The molecule has 0 saturated carbocycles. The first-order valence-corrected chi connectivity index (χ1v) is 7.82. The van der Waals surface area contributed by atoms with Gasteiger partial charge in [-0.3, -0.25) is 0 Å². The molecule has 2 rings (SSSR count). The van der Waals surface area contributed by atoms with E-state index in [-0.39, 0.29) is 4.90 Å². The largest absolute Gasteiger partial charge is 0.316 e. The first-order valence-electron chi connectivity index (χ1n) is 6.38. The van der Waals surface area contributed by atoms with E-state index in [1.165, 1.54) is 16.4 Å². The zero-order chi connectivity index (χ0) is 14.0. The maximum Gasteiger partial charge on any atom is 0.246 e. The molecule has 1 saturated heterocycles. The fraction of sp³-hybridized carbons (Fsp3) is 0.538. The van der Waals surface area contributed by atoms with Crippen LogP contribution in [0, 0.1) is 11.7 Å². The summed E-state index contributed by atoms with van der Waals surface area (Å²) in [7, 11) is -1.95. The molecule has 0 spiro atoms.